The number of fused-ring (bicyclic) bond motifs is 1. The van der Waals surface area contributed by atoms with Crippen molar-refractivity contribution in [2.75, 3.05) is 18.4 Å². The summed E-state index contributed by atoms with van der Waals surface area (Å²) in [5.74, 6) is -2.07. The summed E-state index contributed by atoms with van der Waals surface area (Å²) >= 11 is 0. The molecule has 7 rings (SSSR count). The largest absolute Gasteiger partial charge is 0.449 e. The molecule has 44 heavy (non-hydrogen) atoms. The van der Waals surface area contributed by atoms with Crippen LogP contribution in [0.3, 0.4) is 0 Å². The van der Waals surface area contributed by atoms with Crippen molar-refractivity contribution in [1.29, 1.82) is 0 Å². The fraction of sp³-hybridized carbons (Fsp3) is 0.697. The first-order chi connectivity index (χ1) is 20.8. The summed E-state index contributed by atoms with van der Waals surface area (Å²) in [5, 5.41) is 9.27. The lowest BCUT2D eigenvalue weighted by Crippen LogP contribution is -2.64. The molecule has 1 aliphatic heterocycles. The Morgan fingerprint density at radius 3 is 2.30 bits per heavy atom. The molecule has 2 aromatic rings. The zero-order valence-corrected chi connectivity index (χ0v) is 25.7. The molecule has 5 fully saturated rings. The number of carbonyl (C=O) groups excluding carboxylic acids is 2. The van der Waals surface area contributed by atoms with Crippen molar-refractivity contribution in [3.8, 4) is 0 Å². The van der Waals surface area contributed by atoms with Crippen molar-refractivity contribution >= 4 is 28.4 Å². The van der Waals surface area contributed by atoms with Gasteiger partial charge < -0.3 is 10.6 Å². The van der Waals surface area contributed by atoms with E-state index in [0.29, 0.717) is 33.2 Å². The van der Waals surface area contributed by atoms with Gasteiger partial charge in [0, 0.05) is 24.2 Å². The number of aromatic nitrogens is 2. The fourth-order valence-electron chi connectivity index (χ4n) is 9.81. The Labute approximate surface area is 255 Å². The highest BCUT2D eigenvalue weighted by atomic mass is 19.4. The van der Waals surface area contributed by atoms with E-state index in [1.807, 2.05) is 5.32 Å². The van der Waals surface area contributed by atoms with Crippen molar-refractivity contribution in [1.82, 2.24) is 20.2 Å². The van der Waals surface area contributed by atoms with Crippen LogP contribution in [0.5, 0.6) is 0 Å². The maximum Gasteiger partial charge on any atom is 0.449 e. The first-order valence-electron chi connectivity index (χ1n) is 16.2. The van der Waals surface area contributed by atoms with Crippen molar-refractivity contribution in [3.63, 3.8) is 0 Å². The van der Waals surface area contributed by atoms with Crippen LogP contribution in [0.15, 0.2) is 23.0 Å². The van der Waals surface area contributed by atoms with Gasteiger partial charge in [0.15, 0.2) is 0 Å². The van der Waals surface area contributed by atoms with E-state index in [-0.39, 0.29) is 23.7 Å². The van der Waals surface area contributed by atoms with Crippen molar-refractivity contribution < 1.29 is 22.8 Å². The minimum Gasteiger partial charge on any atom is -0.384 e. The normalized spacial score (nSPS) is 31.5. The monoisotopic (exact) mass is 615 g/mol. The second-order valence-electron chi connectivity index (χ2n) is 14.8. The second kappa shape index (κ2) is 11.4. The van der Waals surface area contributed by atoms with Gasteiger partial charge in [0.05, 0.1) is 10.9 Å². The molecule has 3 unspecified atom stereocenters. The lowest BCUT2D eigenvalue weighted by molar-refractivity contribution is -0.150. The van der Waals surface area contributed by atoms with E-state index in [1.165, 1.54) is 44.6 Å². The number of hydrogen-bond acceptors (Lipinski definition) is 6. The number of imide groups is 1. The number of anilines is 1. The fourth-order valence-corrected chi connectivity index (χ4v) is 9.81. The van der Waals surface area contributed by atoms with Gasteiger partial charge in [-0.3, -0.25) is 24.3 Å². The number of alkyl halides is 3. The van der Waals surface area contributed by atoms with E-state index >= 15 is 0 Å². The number of rotatable bonds is 11. The van der Waals surface area contributed by atoms with E-state index in [2.05, 4.69) is 29.5 Å². The summed E-state index contributed by atoms with van der Waals surface area (Å²) in [6.45, 7) is 6.61. The Kier molecular flexibility index (Phi) is 8.08. The Bertz CT molecular complexity index is 1490. The molecule has 2 heterocycles. The second-order valence-corrected chi connectivity index (χ2v) is 14.8. The van der Waals surface area contributed by atoms with Crippen LogP contribution in [-0.4, -0.2) is 40.0 Å². The van der Waals surface area contributed by atoms with Crippen LogP contribution in [0.1, 0.15) is 109 Å². The third-order valence-electron chi connectivity index (χ3n) is 10.5. The number of hydrogen-bond donors (Lipinski definition) is 3. The Morgan fingerprint density at radius 2 is 1.64 bits per heavy atom. The third-order valence-corrected chi connectivity index (χ3v) is 10.5. The number of benzene rings is 1. The average Bonchev–Trinajstić information content (AvgIpc) is 2.90. The zero-order chi connectivity index (χ0) is 31.3. The summed E-state index contributed by atoms with van der Waals surface area (Å²) in [6, 6.07) is 3.10. The molecule has 1 aromatic heterocycles. The van der Waals surface area contributed by atoms with E-state index in [9.17, 15) is 27.6 Å². The molecule has 240 valence electrons. The maximum absolute atomic E-state index is 14.0. The molecule has 4 saturated carbocycles. The molecule has 0 spiro atoms. The van der Waals surface area contributed by atoms with Gasteiger partial charge >= 0.3 is 6.18 Å². The van der Waals surface area contributed by atoms with Gasteiger partial charge in [0.2, 0.25) is 17.6 Å². The van der Waals surface area contributed by atoms with Crippen LogP contribution in [0.25, 0.3) is 10.9 Å². The van der Waals surface area contributed by atoms with E-state index in [0.717, 1.165) is 44.6 Å². The first kappa shape index (κ1) is 31.0. The molecule has 0 radical (unpaired) electrons. The van der Waals surface area contributed by atoms with Crippen LogP contribution >= 0.6 is 0 Å². The lowest BCUT2D eigenvalue weighted by atomic mass is 9.43. The third kappa shape index (κ3) is 6.13. The Balaban J connectivity index is 1.02. The van der Waals surface area contributed by atoms with E-state index in [4.69, 9.17) is 0 Å². The Morgan fingerprint density at radius 1 is 0.955 bits per heavy atom. The van der Waals surface area contributed by atoms with Gasteiger partial charge in [0.25, 0.3) is 5.56 Å². The number of unbranched alkanes of at least 4 members (excludes halogenated alkanes) is 4. The summed E-state index contributed by atoms with van der Waals surface area (Å²) < 4.78 is 42.3. The molecule has 1 aromatic carbocycles. The van der Waals surface area contributed by atoms with Gasteiger partial charge in [0.1, 0.15) is 6.04 Å². The number of halogens is 3. The predicted octanol–water partition coefficient (Wildman–Crippen LogP) is 6.09. The molecule has 3 N–H and O–H groups in total. The minimum absolute atomic E-state index is 0.00340. The quantitative estimate of drug-likeness (QED) is 0.209. The van der Waals surface area contributed by atoms with Gasteiger partial charge in [-0.1, -0.05) is 39.2 Å². The number of nitrogens with zero attached hydrogens (tertiary/aromatic N) is 2. The number of carbonyl (C=O) groups is 2. The van der Waals surface area contributed by atoms with Crippen molar-refractivity contribution in [2.24, 2.45) is 16.7 Å². The molecule has 4 aliphatic carbocycles. The molecular weight excluding hydrogens is 571 g/mol. The SMILES string of the molecule is CC12CC3CC(C)(C1)CC(NCCCCCCCNc1cccc4nc(C(F)(F)F)n(C5CCC(=O)NC5=O)c(=O)c14)(C3)C2. The Hall–Kier alpha value is -2.95. The van der Waals surface area contributed by atoms with Gasteiger partial charge in [-0.15, -0.1) is 0 Å². The number of piperidine rings is 1. The van der Waals surface area contributed by atoms with Crippen LogP contribution in [-0.2, 0) is 15.8 Å². The van der Waals surface area contributed by atoms with Crippen molar-refractivity contribution in [2.45, 2.75) is 115 Å². The molecule has 2 amide bonds. The standard InChI is InChI=1S/C33H44F3N5O3/c1-30-15-21-16-31(2,18-30)20-32(17-21,19-30)38-14-7-5-3-4-6-13-37-22-9-8-10-23-26(22)28(44)41(29(39-23)33(34,35)36)24-11-12-25(42)40-27(24)43/h8-10,21,24,37-38H,3-7,11-20H2,1-2H3,(H,40,42,43). The molecule has 11 heteroatoms. The van der Waals surface area contributed by atoms with Crippen molar-refractivity contribution in [3.05, 3.63) is 34.4 Å². The highest BCUT2D eigenvalue weighted by Crippen LogP contribution is 2.66. The average molecular weight is 616 g/mol. The zero-order valence-electron chi connectivity index (χ0n) is 25.7. The number of amides is 2. The molecule has 4 bridgehead atoms. The molecule has 1 saturated heterocycles. The predicted molar refractivity (Wildman–Crippen MR) is 162 cm³/mol. The lowest BCUT2D eigenvalue weighted by Gasteiger charge is -2.65. The molecule has 8 nitrogen and oxygen atoms in total. The minimum atomic E-state index is -4.96. The van der Waals surface area contributed by atoms with E-state index < -0.39 is 35.4 Å². The summed E-state index contributed by atoms with van der Waals surface area (Å²) in [7, 11) is 0. The summed E-state index contributed by atoms with van der Waals surface area (Å²) in [5.41, 5.74) is 0.689. The van der Waals surface area contributed by atoms with Crippen LogP contribution in [0.2, 0.25) is 0 Å². The topological polar surface area (TPSA) is 105 Å². The highest BCUT2D eigenvalue weighted by Gasteiger charge is 2.59. The summed E-state index contributed by atoms with van der Waals surface area (Å²) in [4.78, 5) is 41.4. The van der Waals surface area contributed by atoms with E-state index in [1.54, 1.807) is 12.1 Å². The molecule has 5 aliphatic rings. The first-order valence-corrected chi connectivity index (χ1v) is 16.2. The molecule has 3 atom stereocenters. The smallest absolute Gasteiger partial charge is 0.384 e. The van der Waals surface area contributed by atoms with Gasteiger partial charge in [-0.2, -0.15) is 13.2 Å². The van der Waals surface area contributed by atoms with Gasteiger partial charge in [-0.05, 0) is 93.2 Å². The summed E-state index contributed by atoms with van der Waals surface area (Å²) in [6.07, 6.45) is 8.05. The maximum atomic E-state index is 14.0. The van der Waals surface area contributed by atoms with Crippen LogP contribution < -0.4 is 21.5 Å². The van der Waals surface area contributed by atoms with Crippen LogP contribution in [0, 0.1) is 16.7 Å². The highest BCUT2D eigenvalue weighted by molar-refractivity contribution is 5.99. The van der Waals surface area contributed by atoms with Gasteiger partial charge in [-0.25, -0.2) is 4.98 Å². The number of nitrogens with one attached hydrogen (secondary N) is 3. The van der Waals surface area contributed by atoms with Crippen LogP contribution in [0.4, 0.5) is 18.9 Å². The molecular formula is C33H44F3N5O3.